The Morgan fingerprint density at radius 2 is 1.95 bits per heavy atom. The summed E-state index contributed by atoms with van der Waals surface area (Å²) in [4.78, 5) is 24.4. The Labute approximate surface area is 122 Å². The minimum Gasteiger partial charge on any atom is -0.310 e. The largest absolute Gasteiger partial charge is 0.331 e. The third kappa shape index (κ3) is 3.47. The van der Waals surface area contributed by atoms with E-state index in [1.807, 2.05) is 37.3 Å². The average Bonchev–Trinajstić information content (AvgIpc) is 2.50. The highest BCUT2D eigenvalue weighted by atomic mass is 16.2. The van der Waals surface area contributed by atoms with Gasteiger partial charge < -0.3 is 5.43 Å². The van der Waals surface area contributed by atoms with Crippen molar-refractivity contribution in [3.8, 4) is 0 Å². The summed E-state index contributed by atoms with van der Waals surface area (Å²) in [6.07, 6.45) is 1.47. The number of nitrogens with zero attached hydrogens (tertiary/aromatic N) is 3. The lowest BCUT2D eigenvalue weighted by atomic mass is 10.2. The molecule has 0 radical (unpaired) electrons. The molecule has 0 fully saturated rings. The molecule has 0 spiro atoms. The number of aromatic nitrogens is 2. The second-order valence-corrected chi connectivity index (χ2v) is 4.59. The van der Waals surface area contributed by atoms with Crippen molar-refractivity contribution in [3.63, 3.8) is 0 Å². The van der Waals surface area contributed by atoms with Crippen LogP contribution in [-0.4, -0.2) is 21.9 Å². The summed E-state index contributed by atoms with van der Waals surface area (Å²) in [5.74, 6) is 0. The van der Waals surface area contributed by atoms with Gasteiger partial charge in [0.05, 0.1) is 18.5 Å². The topological polar surface area (TPSA) is 68.4 Å². The lowest BCUT2D eigenvalue weighted by Crippen LogP contribution is -2.40. The van der Waals surface area contributed by atoms with Crippen LogP contribution in [-0.2, 0) is 13.6 Å². The van der Waals surface area contributed by atoms with Crippen LogP contribution >= 0.6 is 0 Å². The van der Waals surface area contributed by atoms with Crippen molar-refractivity contribution in [2.45, 2.75) is 13.5 Å². The highest BCUT2D eigenvalue weighted by molar-refractivity contribution is 5.76. The molecule has 0 bridgehead atoms. The lowest BCUT2D eigenvalue weighted by molar-refractivity contribution is 0.636. The molecule has 6 nitrogen and oxygen atoms in total. The fourth-order valence-corrected chi connectivity index (χ4v) is 1.93. The molecule has 0 atom stereocenters. The van der Waals surface area contributed by atoms with E-state index in [1.54, 1.807) is 7.05 Å². The second-order valence-electron chi connectivity index (χ2n) is 4.59. The Morgan fingerprint density at radius 3 is 2.62 bits per heavy atom. The summed E-state index contributed by atoms with van der Waals surface area (Å²) >= 11 is 0. The van der Waals surface area contributed by atoms with Gasteiger partial charge in [-0.2, -0.15) is 5.10 Å². The number of rotatable bonds is 5. The number of hydrazone groups is 1. The normalized spacial score (nSPS) is 11.0. The van der Waals surface area contributed by atoms with E-state index in [-0.39, 0.29) is 17.8 Å². The molecule has 1 aromatic carbocycles. The van der Waals surface area contributed by atoms with Crippen LogP contribution in [0.15, 0.2) is 51.1 Å². The van der Waals surface area contributed by atoms with E-state index >= 15 is 0 Å². The standard InChI is InChI=1S/C15H18N4O2/c1-3-16-17-10-13-9-14(20)19(15(21)18(13)2)11-12-7-5-4-6-8-12/h4-10,16H,3,11H2,1-2H3. The molecule has 0 unspecified atom stereocenters. The van der Waals surface area contributed by atoms with Crippen LogP contribution in [0.25, 0.3) is 0 Å². The van der Waals surface area contributed by atoms with Crippen LogP contribution in [0.3, 0.4) is 0 Å². The van der Waals surface area contributed by atoms with E-state index in [2.05, 4.69) is 10.5 Å². The van der Waals surface area contributed by atoms with E-state index in [0.29, 0.717) is 12.2 Å². The van der Waals surface area contributed by atoms with Crippen molar-refractivity contribution in [2.75, 3.05) is 6.54 Å². The average molecular weight is 286 g/mol. The SMILES string of the molecule is CCNN=Cc1cc(=O)n(Cc2ccccc2)c(=O)n1C. The highest BCUT2D eigenvalue weighted by Gasteiger charge is 2.07. The van der Waals surface area contributed by atoms with Gasteiger partial charge in [-0.3, -0.25) is 13.9 Å². The first-order chi connectivity index (χ1) is 10.1. The fraction of sp³-hybridized carbons (Fsp3) is 0.267. The summed E-state index contributed by atoms with van der Waals surface area (Å²) in [5, 5.41) is 3.93. The van der Waals surface area contributed by atoms with Gasteiger partial charge in [0.1, 0.15) is 0 Å². The van der Waals surface area contributed by atoms with Crippen LogP contribution in [0.2, 0.25) is 0 Å². The minimum atomic E-state index is -0.357. The Bertz CT molecular complexity index is 745. The quantitative estimate of drug-likeness (QED) is 0.644. The maximum atomic E-state index is 12.3. The number of hydrogen-bond acceptors (Lipinski definition) is 4. The Kier molecular flexibility index (Phi) is 4.71. The molecule has 0 saturated heterocycles. The van der Waals surface area contributed by atoms with Gasteiger partial charge in [-0.15, -0.1) is 0 Å². The van der Waals surface area contributed by atoms with E-state index in [0.717, 1.165) is 5.56 Å². The van der Waals surface area contributed by atoms with Crippen molar-refractivity contribution in [2.24, 2.45) is 12.1 Å². The van der Waals surface area contributed by atoms with Gasteiger partial charge in [0.25, 0.3) is 5.56 Å². The van der Waals surface area contributed by atoms with Crippen molar-refractivity contribution >= 4 is 6.21 Å². The molecular formula is C15H18N4O2. The van der Waals surface area contributed by atoms with Crippen molar-refractivity contribution in [3.05, 3.63) is 68.5 Å². The maximum Gasteiger partial charge on any atom is 0.331 e. The maximum absolute atomic E-state index is 12.3. The molecule has 2 aromatic rings. The molecule has 1 N–H and O–H groups in total. The van der Waals surface area contributed by atoms with Gasteiger partial charge >= 0.3 is 5.69 Å². The monoisotopic (exact) mass is 286 g/mol. The van der Waals surface area contributed by atoms with Gasteiger partial charge in [-0.05, 0) is 12.5 Å². The smallest absolute Gasteiger partial charge is 0.310 e. The van der Waals surface area contributed by atoms with Crippen LogP contribution < -0.4 is 16.7 Å². The van der Waals surface area contributed by atoms with E-state index in [9.17, 15) is 9.59 Å². The van der Waals surface area contributed by atoms with E-state index in [1.165, 1.54) is 21.4 Å². The van der Waals surface area contributed by atoms with Crippen molar-refractivity contribution in [1.29, 1.82) is 0 Å². The Hall–Kier alpha value is -2.63. The lowest BCUT2D eigenvalue weighted by Gasteiger charge is -2.09. The van der Waals surface area contributed by atoms with Crippen LogP contribution in [0.4, 0.5) is 0 Å². The molecule has 0 saturated carbocycles. The third-order valence-corrected chi connectivity index (χ3v) is 3.07. The van der Waals surface area contributed by atoms with Gasteiger partial charge in [0.2, 0.25) is 0 Å². The van der Waals surface area contributed by atoms with Crippen LogP contribution in [0, 0.1) is 0 Å². The summed E-state index contributed by atoms with van der Waals surface area (Å²) in [5.41, 5.74) is 3.45. The summed E-state index contributed by atoms with van der Waals surface area (Å²) in [6, 6.07) is 10.8. The van der Waals surface area contributed by atoms with E-state index < -0.39 is 0 Å². The van der Waals surface area contributed by atoms with Gasteiger partial charge in [0, 0.05) is 19.7 Å². The van der Waals surface area contributed by atoms with Crippen LogP contribution in [0.5, 0.6) is 0 Å². The molecule has 110 valence electrons. The zero-order valence-electron chi connectivity index (χ0n) is 12.1. The van der Waals surface area contributed by atoms with E-state index in [4.69, 9.17) is 0 Å². The fourth-order valence-electron chi connectivity index (χ4n) is 1.93. The minimum absolute atomic E-state index is 0.261. The van der Waals surface area contributed by atoms with Crippen LogP contribution in [0.1, 0.15) is 18.2 Å². The Balaban J connectivity index is 2.39. The number of hydrogen-bond donors (Lipinski definition) is 1. The van der Waals surface area contributed by atoms with Gasteiger partial charge in [-0.25, -0.2) is 4.79 Å². The second kappa shape index (κ2) is 6.69. The first kappa shape index (κ1) is 14.8. The number of nitrogens with one attached hydrogen (secondary N) is 1. The predicted octanol–water partition coefficient (Wildman–Crippen LogP) is 0.539. The molecule has 2 rings (SSSR count). The van der Waals surface area contributed by atoms with Gasteiger partial charge in [0.15, 0.2) is 0 Å². The molecular weight excluding hydrogens is 268 g/mol. The summed E-state index contributed by atoms with van der Waals surface area (Å²) in [6.45, 7) is 2.85. The first-order valence-electron chi connectivity index (χ1n) is 6.74. The molecule has 1 aromatic heterocycles. The molecule has 1 heterocycles. The molecule has 0 aliphatic heterocycles. The molecule has 0 amide bonds. The van der Waals surface area contributed by atoms with Gasteiger partial charge in [-0.1, -0.05) is 30.3 Å². The molecule has 0 aliphatic rings. The zero-order chi connectivity index (χ0) is 15.2. The third-order valence-electron chi connectivity index (χ3n) is 3.07. The highest BCUT2D eigenvalue weighted by Crippen LogP contribution is 1.99. The molecule has 6 heteroatoms. The molecule has 21 heavy (non-hydrogen) atoms. The molecule has 0 aliphatic carbocycles. The zero-order valence-corrected chi connectivity index (χ0v) is 12.1. The van der Waals surface area contributed by atoms with Crippen molar-refractivity contribution in [1.82, 2.24) is 14.6 Å². The Morgan fingerprint density at radius 1 is 1.24 bits per heavy atom. The summed E-state index contributed by atoms with van der Waals surface area (Å²) in [7, 11) is 1.62. The summed E-state index contributed by atoms with van der Waals surface area (Å²) < 4.78 is 2.62. The number of benzene rings is 1. The van der Waals surface area contributed by atoms with Crippen molar-refractivity contribution < 1.29 is 0 Å². The first-order valence-corrected chi connectivity index (χ1v) is 6.74. The predicted molar refractivity (Wildman–Crippen MR) is 82.8 cm³/mol.